The van der Waals surface area contributed by atoms with E-state index in [2.05, 4.69) is 4.98 Å². The molecular formula is C16H11NO2. The molecule has 0 bridgehead atoms. The van der Waals surface area contributed by atoms with Gasteiger partial charge in [-0.3, -0.25) is 4.79 Å². The monoisotopic (exact) mass is 249 g/mol. The van der Waals surface area contributed by atoms with E-state index in [4.69, 9.17) is 4.42 Å². The molecule has 0 spiro atoms. The lowest BCUT2D eigenvalue weighted by atomic mass is 10.1. The Labute approximate surface area is 110 Å². The number of rotatable bonds is 3. The minimum Gasteiger partial charge on any atom is -0.436 e. The fourth-order valence-corrected chi connectivity index (χ4v) is 1.89. The maximum absolute atomic E-state index is 10.8. The molecule has 2 aromatic carbocycles. The fourth-order valence-electron chi connectivity index (χ4n) is 1.89. The molecule has 0 radical (unpaired) electrons. The standard InChI is InChI=1S/C16H11NO2/c18-11-12-5-4-8-14(9-12)16-17-10-15(19-16)13-6-2-1-3-7-13/h1-11H. The number of carbonyl (C=O) groups is 1. The van der Waals surface area contributed by atoms with Crippen molar-refractivity contribution in [3.8, 4) is 22.8 Å². The fraction of sp³-hybridized carbons (Fsp3) is 0. The quantitative estimate of drug-likeness (QED) is 0.663. The van der Waals surface area contributed by atoms with E-state index in [1.807, 2.05) is 42.5 Å². The highest BCUT2D eigenvalue weighted by Gasteiger charge is 2.08. The highest BCUT2D eigenvalue weighted by Crippen LogP contribution is 2.25. The topological polar surface area (TPSA) is 43.1 Å². The summed E-state index contributed by atoms with van der Waals surface area (Å²) in [5, 5.41) is 0. The first-order valence-corrected chi connectivity index (χ1v) is 5.94. The average Bonchev–Trinajstić information content (AvgIpc) is 2.98. The van der Waals surface area contributed by atoms with E-state index < -0.39 is 0 Å². The van der Waals surface area contributed by atoms with Gasteiger partial charge in [0.25, 0.3) is 0 Å². The second-order valence-corrected chi connectivity index (χ2v) is 4.14. The number of hydrogen-bond acceptors (Lipinski definition) is 3. The summed E-state index contributed by atoms with van der Waals surface area (Å²) in [6, 6.07) is 17.0. The van der Waals surface area contributed by atoms with Gasteiger partial charge in [0, 0.05) is 16.7 Å². The third-order valence-electron chi connectivity index (χ3n) is 2.83. The number of aldehydes is 1. The van der Waals surface area contributed by atoms with Crippen molar-refractivity contribution >= 4 is 6.29 Å². The number of hydrogen-bond donors (Lipinski definition) is 0. The molecule has 0 amide bonds. The molecule has 0 atom stereocenters. The Bertz CT molecular complexity index is 702. The van der Waals surface area contributed by atoms with Crippen LogP contribution < -0.4 is 0 Å². The summed E-state index contributed by atoms with van der Waals surface area (Å²) in [5.74, 6) is 1.23. The van der Waals surface area contributed by atoms with Crippen molar-refractivity contribution in [1.82, 2.24) is 4.98 Å². The normalized spacial score (nSPS) is 10.3. The summed E-state index contributed by atoms with van der Waals surface area (Å²) >= 11 is 0. The van der Waals surface area contributed by atoms with Crippen LogP contribution in [0.3, 0.4) is 0 Å². The van der Waals surface area contributed by atoms with Gasteiger partial charge in [0.2, 0.25) is 5.89 Å². The van der Waals surface area contributed by atoms with Crippen molar-refractivity contribution in [2.45, 2.75) is 0 Å². The highest BCUT2D eigenvalue weighted by molar-refractivity contribution is 5.77. The van der Waals surface area contributed by atoms with Gasteiger partial charge in [0.15, 0.2) is 5.76 Å². The Hall–Kier alpha value is -2.68. The number of oxazole rings is 1. The summed E-state index contributed by atoms with van der Waals surface area (Å²) in [6.07, 6.45) is 2.50. The molecular weight excluding hydrogens is 238 g/mol. The zero-order valence-corrected chi connectivity index (χ0v) is 10.1. The van der Waals surface area contributed by atoms with Crippen LogP contribution in [0.4, 0.5) is 0 Å². The predicted octanol–water partition coefficient (Wildman–Crippen LogP) is 3.82. The zero-order valence-electron chi connectivity index (χ0n) is 10.1. The van der Waals surface area contributed by atoms with Crippen molar-refractivity contribution in [2.75, 3.05) is 0 Å². The van der Waals surface area contributed by atoms with Crippen LogP contribution in [-0.4, -0.2) is 11.3 Å². The first-order chi connectivity index (χ1) is 9.36. The molecule has 3 rings (SSSR count). The summed E-state index contributed by atoms with van der Waals surface area (Å²) in [4.78, 5) is 15.0. The Morgan fingerprint density at radius 2 is 1.74 bits per heavy atom. The Morgan fingerprint density at radius 1 is 0.947 bits per heavy atom. The third-order valence-corrected chi connectivity index (χ3v) is 2.83. The van der Waals surface area contributed by atoms with Crippen molar-refractivity contribution in [2.24, 2.45) is 0 Å². The lowest BCUT2D eigenvalue weighted by molar-refractivity contribution is 0.112. The minimum atomic E-state index is 0.516. The zero-order chi connectivity index (χ0) is 13.1. The average molecular weight is 249 g/mol. The van der Waals surface area contributed by atoms with Crippen LogP contribution in [-0.2, 0) is 0 Å². The summed E-state index contributed by atoms with van der Waals surface area (Å²) in [6.45, 7) is 0. The molecule has 0 aliphatic carbocycles. The molecule has 0 unspecified atom stereocenters. The molecule has 3 heteroatoms. The van der Waals surface area contributed by atoms with Crippen molar-refractivity contribution in [1.29, 1.82) is 0 Å². The smallest absolute Gasteiger partial charge is 0.226 e. The molecule has 92 valence electrons. The molecule has 0 saturated heterocycles. The van der Waals surface area contributed by atoms with Gasteiger partial charge in [-0.05, 0) is 12.1 Å². The van der Waals surface area contributed by atoms with E-state index in [9.17, 15) is 4.79 Å². The number of aromatic nitrogens is 1. The molecule has 3 nitrogen and oxygen atoms in total. The van der Waals surface area contributed by atoms with Gasteiger partial charge in [-0.1, -0.05) is 42.5 Å². The van der Waals surface area contributed by atoms with Crippen LogP contribution in [0.25, 0.3) is 22.8 Å². The van der Waals surface area contributed by atoms with Gasteiger partial charge in [-0.15, -0.1) is 0 Å². The Morgan fingerprint density at radius 3 is 2.53 bits per heavy atom. The van der Waals surface area contributed by atoms with Crippen LogP contribution in [0.1, 0.15) is 10.4 Å². The highest BCUT2D eigenvalue weighted by atomic mass is 16.4. The number of nitrogens with zero attached hydrogens (tertiary/aromatic N) is 1. The van der Waals surface area contributed by atoms with Crippen LogP contribution in [0.5, 0.6) is 0 Å². The van der Waals surface area contributed by atoms with E-state index in [-0.39, 0.29) is 0 Å². The molecule has 1 aromatic heterocycles. The number of carbonyl (C=O) groups excluding carboxylic acids is 1. The van der Waals surface area contributed by atoms with Gasteiger partial charge in [-0.2, -0.15) is 0 Å². The first kappa shape index (κ1) is 11.4. The van der Waals surface area contributed by atoms with E-state index in [0.29, 0.717) is 17.2 Å². The SMILES string of the molecule is O=Cc1cccc(-c2ncc(-c3ccccc3)o2)c1. The van der Waals surface area contributed by atoms with Crippen molar-refractivity contribution in [3.63, 3.8) is 0 Å². The maximum atomic E-state index is 10.8. The third kappa shape index (κ3) is 2.31. The Balaban J connectivity index is 1.99. The molecule has 3 aromatic rings. The van der Waals surface area contributed by atoms with Crippen molar-refractivity contribution < 1.29 is 9.21 Å². The van der Waals surface area contributed by atoms with E-state index in [0.717, 1.165) is 17.4 Å². The largest absolute Gasteiger partial charge is 0.436 e. The van der Waals surface area contributed by atoms with Gasteiger partial charge in [0.1, 0.15) is 6.29 Å². The lowest BCUT2D eigenvalue weighted by Crippen LogP contribution is -1.81. The van der Waals surface area contributed by atoms with Gasteiger partial charge in [0.05, 0.1) is 6.20 Å². The summed E-state index contributed by atoms with van der Waals surface area (Å²) in [7, 11) is 0. The van der Waals surface area contributed by atoms with Gasteiger partial charge < -0.3 is 4.42 Å². The number of benzene rings is 2. The molecule has 0 fully saturated rings. The molecule has 1 heterocycles. The molecule has 0 aliphatic heterocycles. The molecule has 19 heavy (non-hydrogen) atoms. The molecule has 0 N–H and O–H groups in total. The summed E-state index contributed by atoms with van der Waals surface area (Å²) < 4.78 is 5.73. The first-order valence-electron chi connectivity index (χ1n) is 5.94. The molecule has 0 saturated carbocycles. The summed E-state index contributed by atoms with van der Waals surface area (Å²) in [5.41, 5.74) is 2.39. The van der Waals surface area contributed by atoms with E-state index >= 15 is 0 Å². The van der Waals surface area contributed by atoms with E-state index in [1.54, 1.807) is 18.3 Å². The second-order valence-electron chi connectivity index (χ2n) is 4.14. The van der Waals surface area contributed by atoms with Crippen LogP contribution >= 0.6 is 0 Å². The van der Waals surface area contributed by atoms with Gasteiger partial charge >= 0.3 is 0 Å². The van der Waals surface area contributed by atoms with Crippen LogP contribution in [0.15, 0.2) is 65.2 Å². The predicted molar refractivity (Wildman–Crippen MR) is 72.8 cm³/mol. The van der Waals surface area contributed by atoms with Crippen molar-refractivity contribution in [3.05, 3.63) is 66.4 Å². The Kier molecular flexibility index (Phi) is 2.94. The minimum absolute atomic E-state index is 0.516. The van der Waals surface area contributed by atoms with Crippen LogP contribution in [0.2, 0.25) is 0 Å². The molecule has 0 aliphatic rings. The lowest BCUT2D eigenvalue weighted by Gasteiger charge is -1.97. The maximum Gasteiger partial charge on any atom is 0.226 e. The van der Waals surface area contributed by atoms with E-state index in [1.165, 1.54) is 0 Å². The van der Waals surface area contributed by atoms with Gasteiger partial charge in [-0.25, -0.2) is 4.98 Å². The van der Waals surface area contributed by atoms with Crippen LogP contribution in [0, 0.1) is 0 Å². The second kappa shape index (κ2) is 4.90.